The molecular formula is C16H32F3IN4O3. The van der Waals surface area contributed by atoms with Gasteiger partial charge in [-0.05, 0) is 20.3 Å². The Labute approximate surface area is 176 Å². The Kier molecular flexibility index (Phi) is 13.6. The van der Waals surface area contributed by atoms with Gasteiger partial charge in [0.15, 0.2) is 5.96 Å². The second-order valence-electron chi connectivity index (χ2n) is 6.53. The fraction of sp³-hybridized carbons (Fsp3) is 0.938. The van der Waals surface area contributed by atoms with E-state index in [1.54, 1.807) is 6.92 Å². The summed E-state index contributed by atoms with van der Waals surface area (Å²) in [5.41, 5.74) is -0.977. The predicted octanol–water partition coefficient (Wildman–Crippen LogP) is 1.21. The molecule has 1 aliphatic heterocycles. The summed E-state index contributed by atoms with van der Waals surface area (Å²) < 4.78 is 45.8. The zero-order valence-electron chi connectivity index (χ0n) is 16.0. The molecule has 0 aromatic rings. The monoisotopic (exact) mass is 512 g/mol. The van der Waals surface area contributed by atoms with Gasteiger partial charge in [-0.25, -0.2) is 0 Å². The van der Waals surface area contributed by atoms with Crippen LogP contribution in [-0.4, -0.2) is 93.4 Å². The van der Waals surface area contributed by atoms with E-state index in [4.69, 9.17) is 4.74 Å². The van der Waals surface area contributed by atoms with Crippen LogP contribution in [0.5, 0.6) is 0 Å². The summed E-state index contributed by atoms with van der Waals surface area (Å²) in [6.45, 7) is 7.13. The van der Waals surface area contributed by atoms with Crippen LogP contribution in [0.15, 0.2) is 4.99 Å². The topological polar surface area (TPSA) is 78.4 Å². The minimum atomic E-state index is -4.30. The van der Waals surface area contributed by atoms with Crippen molar-refractivity contribution in [2.24, 2.45) is 4.99 Å². The number of ether oxygens (including phenoxy) is 2. The maximum atomic E-state index is 12.0. The molecule has 0 saturated carbocycles. The van der Waals surface area contributed by atoms with Crippen LogP contribution in [0.25, 0.3) is 0 Å². The lowest BCUT2D eigenvalue weighted by Crippen LogP contribution is -2.48. The first-order valence-corrected chi connectivity index (χ1v) is 8.91. The normalized spacial score (nSPS) is 18.5. The van der Waals surface area contributed by atoms with Gasteiger partial charge in [0.2, 0.25) is 0 Å². The third-order valence-corrected chi connectivity index (χ3v) is 3.61. The minimum absolute atomic E-state index is 0. The minimum Gasteiger partial charge on any atom is -0.387 e. The number of alkyl halides is 3. The number of hydrogen-bond acceptors (Lipinski definition) is 5. The zero-order chi connectivity index (χ0) is 19.5. The van der Waals surface area contributed by atoms with Crippen LogP contribution in [0.2, 0.25) is 0 Å². The van der Waals surface area contributed by atoms with Gasteiger partial charge in [0.1, 0.15) is 6.61 Å². The molecule has 1 saturated heterocycles. The molecule has 1 fully saturated rings. The molecule has 0 radical (unpaired) electrons. The van der Waals surface area contributed by atoms with E-state index in [0.717, 1.165) is 13.1 Å². The smallest absolute Gasteiger partial charge is 0.387 e. The summed E-state index contributed by atoms with van der Waals surface area (Å²) in [5, 5.41) is 16.6. The second-order valence-corrected chi connectivity index (χ2v) is 6.53. The summed E-state index contributed by atoms with van der Waals surface area (Å²) in [6.07, 6.45) is -3.87. The Morgan fingerprint density at radius 1 is 1.26 bits per heavy atom. The Morgan fingerprint density at radius 3 is 2.52 bits per heavy atom. The van der Waals surface area contributed by atoms with Gasteiger partial charge >= 0.3 is 6.18 Å². The van der Waals surface area contributed by atoms with E-state index in [0.29, 0.717) is 45.2 Å². The van der Waals surface area contributed by atoms with Crippen LogP contribution in [-0.2, 0) is 9.47 Å². The molecule has 11 heteroatoms. The van der Waals surface area contributed by atoms with Gasteiger partial charge in [-0.2, -0.15) is 13.2 Å². The Balaban J connectivity index is 0.00000676. The molecule has 0 bridgehead atoms. The summed E-state index contributed by atoms with van der Waals surface area (Å²) in [5.74, 6) is 0.519. The van der Waals surface area contributed by atoms with Gasteiger partial charge in [-0.1, -0.05) is 0 Å². The van der Waals surface area contributed by atoms with Gasteiger partial charge in [-0.15, -0.1) is 24.0 Å². The highest BCUT2D eigenvalue weighted by molar-refractivity contribution is 14.0. The quantitative estimate of drug-likeness (QED) is 0.177. The van der Waals surface area contributed by atoms with Crippen molar-refractivity contribution in [1.29, 1.82) is 0 Å². The lowest BCUT2D eigenvalue weighted by molar-refractivity contribution is -0.173. The van der Waals surface area contributed by atoms with Crippen LogP contribution in [0, 0.1) is 0 Å². The molecule has 0 aromatic carbocycles. The average molecular weight is 512 g/mol. The molecule has 1 unspecified atom stereocenters. The molecule has 0 aliphatic carbocycles. The fourth-order valence-corrected chi connectivity index (χ4v) is 2.45. The van der Waals surface area contributed by atoms with Crippen LogP contribution in [0.1, 0.15) is 20.3 Å². The lowest BCUT2D eigenvalue weighted by Gasteiger charge is -2.33. The number of aliphatic hydroxyl groups is 1. The molecule has 3 N–H and O–H groups in total. The summed E-state index contributed by atoms with van der Waals surface area (Å²) in [6, 6.07) is 0. The first-order chi connectivity index (χ1) is 12.2. The van der Waals surface area contributed by atoms with E-state index < -0.39 is 18.4 Å². The maximum absolute atomic E-state index is 12.0. The number of morpholine rings is 1. The summed E-state index contributed by atoms with van der Waals surface area (Å²) in [7, 11) is 0. The van der Waals surface area contributed by atoms with Gasteiger partial charge in [0.05, 0.1) is 25.4 Å². The number of halogens is 4. The van der Waals surface area contributed by atoms with Crippen molar-refractivity contribution < 1.29 is 27.8 Å². The third-order valence-electron chi connectivity index (χ3n) is 3.61. The third kappa shape index (κ3) is 14.3. The Bertz CT molecular complexity index is 420. The molecule has 0 spiro atoms. The number of nitrogens with one attached hydrogen (secondary N) is 2. The van der Waals surface area contributed by atoms with Crippen molar-refractivity contribution in [1.82, 2.24) is 15.5 Å². The van der Waals surface area contributed by atoms with E-state index >= 15 is 0 Å². The van der Waals surface area contributed by atoms with E-state index in [9.17, 15) is 18.3 Å². The van der Waals surface area contributed by atoms with Crippen molar-refractivity contribution in [2.45, 2.75) is 32.0 Å². The molecule has 1 aliphatic rings. The maximum Gasteiger partial charge on any atom is 0.411 e. The van der Waals surface area contributed by atoms with Crippen LogP contribution >= 0.6 is 24.0 Å². The van der Waals surface area contributed by atoms with Crippen molar-refractivity contribution in [2.75, 3.05) is 65.7 Å². The molecule has 27 heavy (non-hydrogen) atoms. The molecule has 7 nitrogen and oxygen atoms in total. The first kappa shape index (κ1) is 26.6. The van der Waals surface area contributed by atoms with Crippen molar-refractivity contribution in [3.8, 4) is 0 Å². The predicted molar refractivity (Wildman–Crippen MR) is 109 cm³/mol. The first-order valence-electron chi connectivity index (χ1n) is 8.91. The van der Waals surface area contributed by atoms with E-state index in [-0.39, 0.29) is 37.1 Å². The van der Waals surface area contributed by atoms with E-state index in [1.807, 2.05) is 6.92 Å². The van der Waals surface area contributed by atoms with Gasteiger partial charge < -0.3 is 25.2 Å². The van der Waals surface area contributed by atoms with Crippen molar-refractivity contribution >= 4 is 29.9 Å². The summed E-state index contributed by atoms with van der Waals surface area (Å²) in [4.78, 5) is 6.51. The molecular weight excluding hydrogens is 480 g/mol. The van der Waals surface area contributed by atoms with Crippen LogP contribution in [0.4, 0.5) is 13.2 Å². The number of aliphatic imine (C=N–C) groups is 1. The lowest BCUT2D eigenvalue weighted by atomic mass is 10.1. The molecule has 0 amide bonds. The Hall–Kier alpha value is -0.370. The molecule has 1 atom stereocenters. The molecule has 162 valence electrons. The number of β-amino-alcohol motifs (C(OH)–C–C–N with tert-alkyl or cyclic N) is 1. The standard InChI is InChI=1S/C16H31F3N4O3.HI/c1-3-20-14(21-5-4-8-26-13-16(17,18)19)22-11-15(2,24)12-23-6-9-25-10-7-23;/h24H,3-13H2,1-2H3,(H2,20,21,22);1H. The zero-order valence-corrected chi connectivity index (χ0v) is 18.3. The number of guanidine groups is 1. The molecule has 1 rings (SSSR count). The Morgan fingerprint density at radius 2 is 1.93 bits per heavy atom. The second kappa shape index (κ2) is 13.7. The number of rotatable bonds is 10. The van der Waals surface area contributed by atoms with Crippen molar-refractivity contribution in [3.63, 3.8) is 0 Å². The number of nitrogens with zero attached hydrogens (tertiary/aromatic N) is 2. The largest absolute Gasteiger partial charge is 0.411 e. The van der Waals surface area contributed by atoms with Crippen LogP contribution < -0.4 is 10.6 Å². The van der Waals surface area contributed by atoms with Crippen molar-refractivity contribution in [3.05, 3.63) is 0 Å². The van der Waals surface area contributed by atoms with Gasteiger partial charge in [0, 0.05) is 39.3 Å². The molecule has 1 heterocycles. The average Bonchev–Trinajstić information content (AvgIpc) is 2.55. The van der Waals surface area contributed by atoms with E-state index in [2.05, 4.69) is 25.3 Å². The SMILES string of the molecule is CCNC(=NCC(C)(O)CN1CCOCC1)NCCCOCC(F)(F)F.I. The number of hydrogen-bond donors (Lipinski definition) is 3. The van der Waals surface area contributed by atoms with Crippen LogP contribution in [0.3, 0.4) is 0 Å². The van der Waals surface area contributed by atoms with Gasteiger partial charge in [0.25, 0.3) is 0 Å². The highest BCUT2D eigenvalue weighted by Crippen LogP contribution is 2.14. The van der Waals surface area contributed by atoms with Gasteiger partial charge in [-0.3, -0.25) is 9.89 Å². The highest BCUT2D eigenvalue weighted by atomic mass is 127. The molecule has 0 aromatic heterocycles. The fourth-order valence-electron chi connectivity index (χ4n) is 2.45. The highest BCUT2D eigenvalue weighted by Gasteiger charge is 2.27. The van der Waals surface area contributed by atoms with E-state index in [1.165, 1.54) is 0 Å². The summed E-state index contributed by atoms with van der Waals surface area (Å²) >= 11 is 0.